The van der Waals surface area contributed by atoms with Gasteiger partial charge in [0.2, 0.25) is 5.91 Å². The van der Waals surface area contributed by atoms with Gasteiger partial charge in [-0.25, -0.2) is 4.79 Å². The number of likely N-dealkylation sites (tertiary alicyclic amines) is 1. The zero-order valence-electron chi connectivity index (χ0n) is 22.9. The van der Waals surface area contributed by atoms with E-state index in [-0.39, 0.29) is 30.2 Å². The quantitative estimate of drug-likeness (QED) is 0.295. The van der Waals surface area contributed by atoms with E-state index in [0.29, 0.717) is 54.6 Å². The van der Waals surface area contributed by atoms with Crippen LogP contribution in [0.15, 0.2) is 48.5 Å². The molecule has 38 heavy (non-hydrogen) atoms. The van der Waals surface area contributed by atoms with Crippen molar-refractivity contribution < 1.29 is 23.9 Å². The van der Waals surface area contributed by atoms with Crippen LogP contribution in [0.3, 0.4) is 0 Å². The van der Waals surface area contributed by atoms with Crippen molar-refractivity contribution in [3.05, 3.63) is 53.6 Å². The minimum atomic E-state index is -0.558. The zero-order chi connectivity index (χ0) is 27.7. The average Bonchev–Trinajstić information content (AvgIpc) is 2.88. The number of hydrogen-bond acceptors (Lipinski definition) is 5. The maximum absolute atomic E-state index is 13.3. The molecule has 0 unspecified atom stereocenters. The van der Waals surface area contributed by atoms with Crippen LogP contribution in [0, 0.1) is 5.92 Å². The standard InChI is InChI=1S/C30H39ClN2O5/c1-5-6-7-8-28(35)33(24-11-15-26(16-12-24)37-25-13-9-23(31)10-14-25)21-27(34)22-17-19-32(20-18-22)29(36)38-30(2,3)4/h9-16,22H,5-8,17-21H2,1-4H3. The van der Waals surface area contributed by atoms with Crippen LogP contribution in [0.2, 0.25) is 5.02 Å². The Morgan fingerprint density at radius 3 is 2.08 bits per heavy atom. The molecule has 8 heteroatoms. The number of ketones is 1. The molecule has 0 bridgehead atoms. The monoisotopic (exact) mass is 542 g/mol. The van der Waals surface area contributed by atoms with Gasteiger partial charge in [0, 0.05) is 36.1 Å². The molecule has 1 saturated heterocycles. The fraction of sp³-hybridized carbons (Fsp3) is 0.500. The summed E-state index contributed by atoms with van der Waals surface area (Å²) in [7, 11) is 0. The van der Waals surface area contributed by atoms with E-state index in [9.17, 15) is 14.4 Å². The van der Waals surface area contributed by atoms with Crippen molar-refractivity contribution in [2.45, 2.75) is 71.8 Å². The number of nitrogens with zero attached hydrogens (tertiary/aromatic N) is 2. The van der Waals surface area contributed by atoms with E-state index in [4.69, 9.17) is 21.1 Å². The van der Waals surface area contributed by atoms with Gasteiger partial charge in [0.15, 0.2) is 5.78 Å². The van der Waals surface area contributed by atoms with Crippen LogP contribution in [0.5, 0.6) is 11.5 Å². The SMILES string of the molecule is CCCCCC(=O)N(CC(=O)C1CCN(C(=O)OC(C)(C)C)CC1)c1ccc(Oc2ccc(Cl)cc2)cc1. The summed E-state index contributed by atoms with van der Waals surface area (Å²) in [4.78, 5) is 42.1. The third-order valence-electron chi connectivity index (χ3n) is 6.41. The van der Waals surface area contributed by atoms with Crippen molar-refractivity contribution in [3.8, 4) is 11.5 Å². The Balaban J connectivity index is 1.65. The molecule has 1 fully saturated rings. The summed E-state index contributed by atoms with van der Waals surface area (Å²) in [5.41, 5.74) is 0.104. The first-order valence-corrected chi connectivity index (χ1v) is 13.8. The number of anilines is 1. The van der Waals surface area contributed by atoms with Gasteiger partial charge in [0.1, 0.15) is 17.1 Å². The molecule has 0 aromatic heterocycles. The number of rotatable bonds is 10. The third kappa shape index (κ3) is 9.05. The Kier molecular flexibility index (Phi) is 10.6. The molecule has 2 aromatic carbocycles. The van der Waals surface area contributed by atoms with Gasteiger partial charge < -0.3 is 19.3 Å². The molecule has 7 nitrogen and oxygen atoms in total. The van der Waals surface area contributed by atoms with Crippen LogP contribution in [0.4, 0.5) is 10.5 Å². The normalized spacial score (nSPS) is 14.2. The van der Waals surface area contributed by atoms with Crippen molar-refractivity contribution in [2.75, 3.05) is 24.5 Å². The Morgan fingerprint density at radius 2 is 1.53 bits per heavy atom. The van der Waals surface area contributed by atoms with Gasteiger partial charge in [-0.3, -0.25) is 9.59 Å². The van der Waals surface area contributed by atoms with Gasteiger partial charge in [-0.15, -0.1) is 0 Å². The summed E-state index contributed by atoms with van der Waals surface area (Å²) >= 11 is 5.94. The minimum Gasteiger partial charge on any atom is -0.457 e. The molecule has 2 amide bonds. The lowest BCUT2D eigenvalue weighted by atomic mass is 9.92. The maximum atomic E-state index is 13.3. The van der Waals surface area contributed by atoms with Crippen LogP contribution < -0.4 is 9.64 Å². The van der Waals surface area contributed by atoms with Crippen molar-refractivity contribution in [3.63, 3.8) is 0 Å². The minimum absolute atomic E-state index is 0.0131. The molecule has 3 rings (SSSR count). The van der Waals surface area contributed by atoms with Crippen molar-refractivity contribution in [1.29, 1.82) is 0 Å². The molecular formula is C30H39ClN2O5. The van der Waals surface area contributed by atoms with Crippen molar-refractivity contribution >= 4 is 35.1 Å². The van der Waals surface area contributed by atoms with Gasteiger partial charge in [0.05, 0.1) is 6.54 Å². The number of benzene rings is 2. The smallest absolute Gasteiger partial charge is 0.410 e. The second-order valence-corrected chi connectivity index (χ2v) is 11.1. The Morgan fingerprint density at radius 1 is 0.947 bits per heavy atom. The van der Waals surface area contributed by atoms with Gasteiger partial charge >= 0.3 is 6.09 Å². The lowest BCUT2D eigenvalue weighted by Crippen LogP contribution is -2.45. The Labute approximate surface area is 231 Å². The lowest BCUT2D eigenvalue weighted by molar-refractivity contribution is -0.126. The van der Waals surface area contributed by atoms with Crippen LogP contribution in [0.25, 0.3) is 0 Å². The molecule has 0 saturated carbocycles. The van der Waals surface area contributed by atoms with E-state index < -0.39 is 5.60 Å². The highest BCUT2D eigenvalue weighted by Crippen LogP contribution is 2.27. The molecule has 0 aliphatic carbocycles. The lowest BCUT2D eigenvalue weighted by Gasteiger charge is -2.33. The van der Waals surface area contributed by atoms with Crippen molar-refractivity contribution in [2.24, 2.45) is 5.92 Å². The fourth-order valence-electron chi connectivity index (χ4n) is 4.31. The van der Waals surface area contributed by atoms with Gasteiger partial charge in [0.25, 0.3) is 0 Å². The van der Waals surface area contributed by atoms with E-state index in [1.165, 1.54) is 0 Å². The first kappa shape index (κ1) is 29.5. The summed E-state index contributed by atoms with van der Waals surface area (Å²) < 4.78 is 11.3. The van der Waals surface area contributed by atoms with Gasteiger partial charge in [-0.2, -0.15) is 0 Å². The largest absolute Gasteiger partial charge is 0.457 e. The van der Waals surface area contributed by atoms with Crippen LogP contribution in [-0.4, -0.2) is 47.9 Å². The number of carbonyl (C=O) groups excluding carboxylic acids is 3. The van der Waals surface area contributed by atoms with E-state index in [2.05, 4.69) is 6.92 Å². The van der Waals surface area contributed by atoms with Gasteiger partial charge in [-0.05, 0) is 88.6 Å². The Bertz CT molecular complexity index is 1070. The zero-order valence-corrected chi connectivity index (χ0v) is 23.6. The number of piperidine rings is 1. The number of Topliss-reactive ketones (excluding diaryl/α,β-unsaturated/α-hetero) is 1. The summed E-state index contributed by atoms with van der Waals surface area (Å²) in [5.74, 6) is 1.02. The topological polar surface area (TPSA) is 76.2 Å². The van der Waals surface area contributed by atoms with E-state index in [1.807, 2.05) is 20.8 Å². The molecule has 2 aromatic rings. The number of ether oxygens (including phenoxy) is 2. The first-order chi connectivity index (χ1) is 18.1. The molecule has 0 spiro atoms. The van der Waals surface area contributed by atoms with E-state index >= 15 is 0 Å². The molecular weight excluding hydrogens is 504 g/mol. The molecule has 1 heterocycles. The third-order valence-corrected chi connectivity index (χ3v) is 6.66. The summed E-state index contributed by atoms with van der Waals surface area (Å²) in [6.07, 6.45) is 3.92. The second kappa shape index (κ2) is 13.7. The number of amides is 2. The van der Waals surface area contributed by atoms with Crippen LogP contribution in [-0.2, 0) is 14.3 Å². The first-order valence-electron chi connectivity index (χ1n) is 13.4. The highest BCUT2D eigenvalue weighted by Gasteiger charge is 2.31. The predicted octanol–water partition coefficient (Wildman–Crippen LogP) is 7.26. The second-order valence-electron chi connectivity index (χ2n) is 10.7. The van der Waals surface area contributed by atoms with E-state index in [0.717, 1.165) is 19.3 Å². The predicted molar refractivity (Wildman–Crippen MR) is 150 cm³/mol. The molecule has 206 valence electrons. The fourth-order valence-corrected chi connectivity index (χ4v) is 4.44. The van der Waals surface area contributed by atoms with Crippen molar-refractivity contribution in [1.82, 2.24) is 4.90 Å². The van der Waals surface area contributed by atoms with E-state index in [1.54, 1.807) is 58.3 Å². The number of carbonyl (C=O) groups is 3. The van der Waals surface area contributed by atoms with Crippen LogP contribution >= 0.6 is 11.6 Å². The summed E-state index contributed by atoms with van der Waals surface area (Å²) in [5, 5.41) is 0.630. The molecule has 1 aliphatic rings. The van der Waals surface area contributed by atoms with Crippen LogP contribution in [0.1, 0.15) is 66.2 Å². The highest BCUT2D eigenvalue weighted by molar-refractivity contribution is 6.30. The summed E-state index contributed by atoms with van der Waals surface area (Å²) in [6, 6.07) is 14.3. The molecule has 0 radical (unpaired) electrons. The van der Waals surface area contributed by atoms with Gasteiger partial charge in [-0.1, -0.05) is 31.4 Å². The molecule has 1 aliphatic heterocycles. The number of hydrogen-bond donors (Lipinski definition) is 0. The average molecular weight is 543 g/mol. The number of unbranched alkanes of at least 4 members (excludes halogenated alkanes) is 2. The highest BCUT2D eigenvalue weighted by atomic mass is 35.5. The Hall–Kier alpha value is -3.06. The molecule has 0 N–H and O–H groups in total. The maximum Gasteiger partial charge on any atom is 0.410 e. The summed E-state index contributed by atoms with van der Waals surface area (Å²) in [6.45, 7) is 8.55. The molecule has 0 atom stereocenters. The number of halogens is 1.